The maximum atomic E-state index is 13.0. The van der Waals surface area contributed by atoms with Gasteiger partial charge in [-0.15, -0.1) is 10.2 Å². The van der Waals surface area contributed by atoms with Crippen molar-refractivity contribution in [2.24, 2.45) is 17.3 Å². The molecule has 150 valence electrons. The highest BCUT2D eigenvalue weighted by atomic mass is 16.2. The van der Waals surface area contributed by atoms with Crippen LogP contribution in [0.15, 0.2) is 40.6 Å². The zero-order chi connectivity index (χ0) is 22.1. The van der Waals surface area contributed by atoms with Crippen LogP contribution in [0.1, 0.15) is 48.2 Å². The van der Waals surface area contributed by atoms with E-state index in [2.05, 4.69) is 20.3 Å². The normalized spacial score (nSPS) is 11.4. The van der Waals surface area contributed by atoms with Gasteiger partial charge < -0.3 is 5.73 Å². The first-order valence-electron chi connectivity index (χ1n) is 8.96. The van der Waals surface area contributed by atoms with Gasteiger partial charge in [-0.1, -0.05) is 39.0 Å². The minimum atomic E-state index is -0.551. The Morgan fingerprint density at radius 1 is 1.13 bits per heavy atom. The van der Waals surface area contributed by atoms with Gasteiger partial charge in [-0.3, -0.25) is 9.48 Å². The molecule has 2 heterocycles. The van der Waals surface area contributed by atoms with Crippen LogP contribution in [0.2, 0.25) is 0 Å². The van der Waals surface area contributed by atoms with Crippen LogP contribution in [-0.4, -0.2) is 25.2 Å². The molecule has 10 heteroatoms. The number of azo groups is 1. The van der Waals surface area contributed by atoms with Crippen molar-refractivity contribution >= 4 is 23.4 Å². The molecule has 0 atom stereocenters. The molecule has 0 aliphatic heterocycles. The Morgan fingerprint density at radius 2 is 1.80 bits per heavy atom. The molecule has 30 heavy (non-hydrogen) atoms. The van der Waals surface area contributed by atoms with Crippen molar-refractivity contribution in [3.63, 3.8) is 0 Å². The van der Waals surface area contributed by atoms with E-state index in [1.54, 1.807) is 37.4 Å². The second-order valence-corrected chi connectivity index (χ2v) is 7.50. The van der Waals surface area contributed by atoms with Gasteiger partial charge in [0.1, 0.15) is 18.0 Å². The third-order valence-electron chi connectivity index (χ3n) is 4.31. The van der Waals surface area contributed by atoms with Gasteiger partial charge in [0.15, 0.2) is 17.1 Å². The molecule has 1 aromatic carbocycles. The van der Waals surface area contributed by atoms with Crippen LogP contribution < -0.4 is 5.73 Å². The lowest BCUT2D eigenvalue weighted by molar-refractivity contribution is 0.0961. The van der Waals surface area contributed by atoms with Crippen LogP contribution in [-0.2, 0) is 12.5 Å². The summed E-state index contributed by atoms with van der Waals surface area (Å²) in [5, 5.41) is 31.5. The third kappa shape index (κ3) is 3.54. The van der Waals surface area contributed by atoms with E-state index in [0.717, 1.165) is 4.57 Å². The number of benzene rings is 1. The highest BCUT2D eigenvalue weighted by molar-refractivity contribution is 5.98. The molecule has 0 amide bonds. The number of nitrogen functional groups attached to an aromatic ring is 1. The summed E-state index contributed by atoms with van der Waals surface area (Å²) in [6.45, 7) is 5.86. The third-order valence-corrected chi connectivity index (χ3v) is 4.31. The van der Waals surface area contributed by atoms with E-state index < -0.39 is 5.91 Å². The number of aromatic nitrogens is 4. The van der Waals surface area contributed by atoms with Crippen molar-refractivity contribution in [1.82, 2.24) is 19.3 Å². The van der Waals surface area contributed by atoms with E-state index in [0.29, 0.717) is 16.9 Å². The number of aryl methyl sites for hydroxylation is 1. The Bertz CT molecular complexity index is 1230. The molecule has 0 radical (unpaired) electrons. The molecule has 0 aliphatic carbocycles. The summed E-state index contributed by atoms with van der Waals surface area (Å²) in [5.41, 5.74) is 6.55. The SMILES string of the molecule is Cn1nc(C(C)(C)C)c(N=Nc2nc(C#N)c(C#N)n2C(=O)c2ccccc2)c1N. The van der Waals surface area contributed by atoms with Gasteiger partial charge in [0.05, 0.1) is 5.69 Å². The van der Waals surface area contributed by atoms with E-state index in [1.165, 1.54) is 4.68 Å². The first-order chi connectivity index (χ1) is 14.2. The number of hydrogen-bond donors (Lipinski definition) is 1. The lowest BCUT2D eigenvalue weighted by Gasteiger charge is -2.15. The van der Waals surface area contributed by atoms with Crippen LogP contribution in [0.3, 0.4) is 0 Å². The van der Waals surface area contributed by atoms with Gasteiger partial charge >= 0.3 is 0 Å². The van der Waals surface area contributed by atoms with E-state index >= 15 is 0 Å². The lowest BCUT2D eigenvalue weighted by atomic mass is 9.91. The summed E-state index contributed by atoms with van der Waals surface area (Å²) in [5.74, 6) is -0.456. The average molecular weight is 401 g/mol. The minimum absolute atomic E-state index is 0.194. The number of nitrogens with zero attached hydrogens (tertiary/aromatic N) is 8. The fraction of sp³-hybridized carbons (Fsp3) is 0.250. The number of anilines is 1. The molecule has 0 spiro atoms. The molecule has 0 saturated heterocycles. The smallest absolute Gasteiger partial charge is 0.265 e. The van der Waals surface area contributed by atoms with E-state index in [1.807, 2.05) is 32.9 Å². The number of hydrogen-bond acceptors (Lipinski definition) is 8. The molecule has 3 aromatic rings. The van der Waals surface area contributed by atoms with Crippen molar-refractivity contribution in [3.8, 4) is 12.1 Å². The van der Waals surface area contributed by atoms with E-state index in [4.69, 9.17) is 5.73 Å². The summed E-state index contributed by atoms with van der Waals surface area (Å²) in [6, 6.07) is 12.0. The largest absolute Gasteiger partial charge is 0.382 e. The number of carbonyl (C=O) groups excluding carboxylic acids is 1. The monoisotopic (exact) mass is 401 g/mol. The summed E-state index contributed by atoms with van der Waals surface area (Å²) < 4.78 is 2.46. The molecule has 10 nitrogen and oxygen atoms in total. The van der Waals surface area contributed by atoms with Crippen molar-refractivity contribution in [2.45, 2.75) is 26.2 Å². The van der Waals surface area contributed by atoms with Gasteiger partial charge in [-0.25, -0.2) is 4.57 Å². The summed E-state index contributed by atoms with van der Waals surface area (Å²) in [6.07, 6.45) is 0. The summed E-state index contributed by atoms with van der Waals surface area (Å²) in [7, 11) is 1.69. The first-order valence-corrected chi connectivity index (χ1v) is 8.96. The number of nitriles is 2. The molecular weight excluding hydrogens is 382 g/mol. The second-order valence-electron chi connectivity index (χ2n) is 7.50. The molecule has 0 aliphatic rings. The lowest BCUT2D eigenvalue weighted by Crippen LogP contribution is -2.14. The topological polar surface area (TPSA) is 151 Å². The van der Waals surface area contributed by atoms with E-state index in [9.17, 15) is 15.3 Å². The number of imidazole rings is 1. The molecule has 0 bridgehead atoms. The fourth-order valence-corrected chi connectivity index (χ4v) is 2.78. The van der Waals surface area contributed by atoms with Gasteiger partial charge in [-0.05, 0) is 12.1 Å². The molecule has 2 N–H and O–H groups in total. The highest BCUT2D eigenvalue weighted by Crippen LogP contribution is 2.36. The van der Waals surface area contributed by atoms with Gasteiger partial charge in [0.25, 0.3) is 11.9 Å². The number of carbonyl (C=O) groups is 1. The molecular formula is C20H19N9O. The van der Waals surface area contributed by atoms with Crippen molar-refractivity contribution < 1.29 is 4.79 Å². The predicted molar refractivity (Wildman–Crippen MR) is 108 cm³/mol. The Hall–Kier alpha value is -4.31. The Kier molecular flexibility index (Phi) is 5.18. The zero-order valence-corrected chi connectivity index (χ0v) is 17.0. The minimum Gasteiger partial charge on any atom is -0.382 e. The Balaban J connectivity index is 2.18. The van der Waals surface area contributed by atoms with Gasteiger partial charge in [0, 0.05) is 18.0 Å². The maximum Gasteiger partial charge on any atom is 0.265 e. The Labute approximate surface area is 172 Å². The zero-order valence-electron chi connectivity index (χ0n) is 17.0. The van der Waals surface area contributed by atoms with Crippen LogP contribution >= 0.6 is 0 Å². The van der Waals surface area contributed by atoms with Crippen molar-refractivity contribution in [1.29, 1.82) is 10.5 Å². The molecule has 3 rings (SSSR count). The van der Waals surface area contributed by atoms with Gasteiger partial charge in [-0.2, -0.15) is 20.6 Å². The second kappa shape index (κ2) is 7.60. The quantitative estimate of drug-likeness (QED) is 0.665. The summed E-state index contributed by atoms with van der Waals surface area (Å²) in [4.78, 5) is 17.0. The average Bonchev–Trinajstić information content (AvgIpc) is 3.23. The maximum absolute atomic E-state index is 13.0. The summed E-state index contributed by atoms with van der Waals surface area (Å²) >= 11 is 0. The van der Waals surface area contributed by atoms with Crippen molar-refractivity contribution in [2.75, 3.05) is 5.73 Å². The van der Waals surface area contributed by atoms with Crippen molar-refractivity contribution in [3.05, 3.63) is 53.0 Å². The number of nitrogens with two attached hydrogens (primary N) is 1. The van der Waals surface area contributed by atoms with Crippen LogP contribution in [0.25, 0.3) is 0 Å². The van der Waals surface area contributed by atoms with Crippen LogP contribution in [0.4, 0.5) is 17.5 Å². The Morgan fingerprint density at radius 3 is 2.37 bits per heavy atom. The van der Waals surface area contributed by atoms with E-state index in [-0.39, 0.29) is 28.6 Å². The van der Waals surface area contributed by atoms with Gasteiger partial charge in [0.2, 0.25) is 0 Å². The first kappa shape index (κ1) is 20.4. The predicted octanol–water partition coefficient (Wildman–Crippen LogP) is 3.34. The number of rotatable bonds is 3. The standard InChI is InChI=1S/C20H19N9O/c1-20(2,3)16-15(17(23)28(4)27-16)25-26-19-24-13(10-21)14(11-22)29(19)18(30)12-8-6-5-7-9-12/h5-9H,23H2,1-4H3. The fourth-order valence-electron chi connectivity index (χ4n) is 2.78. The molecule has 0 unspecified atom stereocenters. The van der Waals surface area contributed by atoms with Crippen LogP contribution in [0.5, 0.6) is 0 Å². The molecule has 0 fully saturated rings. The molecule has 2 aromatic heterocycles. The van der Waals surface area contributed by atoms with Crippen LogP contribution in [0, 0.1) is 22.7 Å². The molecule has 0 saturated carbocycles. The highest BCUT2D eigenvalue weighted by Gasteiger charge is 2.27.